The van der Waals surface area contributed by atoms with Crippen LogP contribution in [0.5, 0.6) is 0 Å². The molecule has 0 atom stereocenters. The van der Waals surface area contributed by atoms with Gasteiger partial charge in [-0.3, -0.25) is 10.1 Å². The van der Waals surface area contributed by atoms with Gasteiger partial charge in [-0.1, -0.05) is 0 Å². The zero-order valence-corrected chi connectivity index (χ0v) is 13.6. The Hall–Kier alpha value is -2.58. The molecule has 0 aliphatic carbocycles. The molecule has 23 heavy (non-hydrogen) atoms. The fraction of sp³-hybridized carbons (Fsp3) is 0.0667. The first-order valence-electron chi connectivity index (χ1n) is 6.73. The van der Waals surface area contributed by atoms with Gasteiger partial charge in [0.1, 0.15) is 5.52 Å². The zero-order chi connectivity index (χ0) is 15.8. The summed E-state index contributed by atoms with van der Waals surface area (Å²) >= 11 is 2.75. The maximum Gasteiger partial charge on any atom is 0.257 e. The summed E-state index contributed by atoms with van der Waals surface area (Å²) in [5.74, 6) is 0.386. The van der Waals surface area contributed by atoms with E-state index in [4.69, 9.17) is 4.42 Å². The van der Waals surface area contributed by atoms with Crippen LogP contribution in [-0.4, -0.2) is 20.2 Å². The van der Waals surface area contributed by atoms with Gasteiger partial charge in [-0.05, 0) is 42.1 Å². The van der Waals surface area contributed by atoms with Crippen LogP contribution in [0.1, 0.15) is 15.9 Å². The van der Waals surface area contributed by atoms with E-state index in [-0.39, 0.29) is 5.91 Å². The highest BCUT2D eigenvalue weighted by molar-refractivity contribution is 7.14. The molecule has 0 fully saturated rings. The third-order valence-electron chi connectivity index (χ3n) is 3.31. The van der Waals surface area contributed by atoms with E-state index in [1.165, 1.54) is 6.39 Å². The minimum absolute atomic E-state index is 0.256. The molecule has 4 aromatic rings. The molecule has 0 spiro atoms. The van der Waals surface area contributed by atoms with Crippen LogP contribution in [0.4, 0.5) is 5.13 Å². The topological polar surface area (TPSA) is 80.9 Å². The summed E-state index contributed by atoms with van der Waals surface area (Å²) in [7, 11) is 0. The summed E-state index contributed by atoms with van der Waals surface area (Å²) in [5, 5.41) is 5.23. The number of hydrogen-bond donors (Lipinski definition) is 1. The number of amides is 1. The summed E-state index contributed by atoms with van der Waals surface area (Å²) in [6, 6.07) is 7.12. The Labute approximate surface area is 139 Å². The number of anilines is 1. The lowest BCUT2D eigenvalue weighted by Crippen LogP contribution is -2.11. The second-order valence-electron chi connectivity index (χ2n) is 4.84. The molecule has 0 radical (unpaired) electrons. The minimum Gasteiger partial charge on any atom is -0.443 e. The first kappa shape index (κ1) is 14.0. The largest absolute Gasteiger partial charge is 0.443 e. The summed E-state index contributed by atoms with van der Waals surface area (Å²) in [4.78, 5) is 21.7. The number of aromatic nitrogens is 3. The molecule has 0 aliphatic heterocycles. The number of carbonyl (C=O) groups excluding carboxylic acids is 1. The fourth-order valence-electron chi connectivity index (χ4n) is 2.13. The molecular weight excluding hydrogens is 332 g/mol. The van der Waals surface area contributed by atoms with Crippen LogP contribution in [0.25, 0.3) is 21.8 Å². The van der Waals surface area contributed by atoms with Crippen molar-refractivity contribution in [1.29, 1.82) is 0 Å². The summed E-state index contributed by atoms with van der Waals surface area (Å²) in [6.45, 7) is 2.01. The number of benzene rings is 1. The SMILES string of the molecule is Cc1ccsc1-c1nsc(NC(=O)c2ccc3ncoc3c2)n1. The van der Waals surface area contributed by atoms with Gasteiger partial charge in [-0.15, -0.1) is 11.3 Å². The van der Waals surface area contributed by atoms with Crippen LogP contribution in [0.3, 0.4) is 0 Å². The number of nitrogens with one attached hydrogen (secondary N) is 1. The van der Waals surface area contributed by atoms with E-state index in [9.17, 15) is 4.79 Å². The Bertz CT molecular complexity index is 1000. The minimum atomic E-state index is -0.256. The number of oxazole rings is 1. The lowest BCUT2D eigenvalue weighted by atomic mass is 10.2. The molecule has 0 bridgehead atoms. The van der Waals surface area contributed by atoms with Gasteiger partial charge < -0.3 is 4.42 Å². The van der Waals surface area contributed by atoms with Crippen molar-refractivity contribution >= 4 is 45.0 Å². The second kappa shape index (κ2) is 5.56. The average molecular weight is 342 g/mol. The molecular formula is C15H10N4O2S2. The fourth-order valence-corrected chi connectivity index (χ4v) is 3.62. The van der Waals surface area contributed by atoms with Crippen LogP contribution in [0.2, 0.25) is 0 Å². The van der Waals surface area contributed by atoms with Crippen LogP contribution < -0.4 is 5.32 Å². The van der Waals surface area contributed by atoms with Gasteiger partial charge in [0.15, 0.2) is 17.8 Å². The highest BCUT2D eigenvalue weighted by Crippen LogP contribution is 2.29. The van der Waals surface area contributed by atoms with Crippen LogP contribution in [0.15, 0.2) is 40.5 Å². The predicted molar refractivity (Wildman–Crippen MR) is 89.9 cm³/mol. The van der Waals surface area contributed by atoms with Crippen molar-refractivity contribution in [2.75, 3.05) is 5.32 Å². The second-order valence-corrected chi connectivity index (χ2v) is 6.51. The van der Waals surface area contributed by atoms with Crippen molar-refractivity contribution < 1.29 is 9.21 Å². The van der Waals surface area contributed by atoms with Crippen molar-refractivity contribution in [3.05, 3.63) is 47.2 Å². The summed E-state index contributed by atoms with van der Waals surface area (Å²) in [5.41, 5.74) is 2.90. The highest BCUT2D eigenvalue weighted by Gasteiger charge is 2.14. The number of nitrogens with zero attached hydrogens (tertiary/aromatic N) is 3. The Morgan fingerprint density at radius 3 is 3.04 bits per heavy atom. The number of thiophene rings is 1. The third-order valence-corrected chi connectivity index (χ3v) is 4.95. The van der Waals surface area contributed by atoms with Crippen molar-refractivity contribution in [3.8, 4) is 10.7 Å². The molecule has 6 nitrogen and oxygen atoms in total. The van der Waals surface area contributed by atoms with Gasteiger partial charge in [0, 0.05) is 17.1 Å². The number of aryl methyl sites for hydroxylation is 1. The zero-order valence-electron chi connectivity index (χ0n) is 11.9. The van der Waals surface area contributed by atoms with E-state index in [1.54, 1.807) is 29.5 Å². The molecule has 0 aliphatic rings. The maximum absolute atomic E-state index is 12.3. The third kappa shape index (κ3) is 2.62. The van der Waals surface area contributed by atoms with Crippen molar-refractivity contribution in [3.63, 3.8) is 0 Å². The Morgan fingerprint density at radius 2 is 2.22 bits per heavy atom. The summed E-state index contributed by atoms with van der Waals surface area (Å²) in [6.07, 6.45) is 1.35. The van der Waals surface area contributed by atoms with Crippen molar-refractivity contribution in [1.82, 2.24) is 14.3 Å². The van der Waals surface area contributed by atoms with E-state index in [2.05, 4.69) is 19.7 Å². The average Bonchev–Trinajstić information content (AvgIpc) is 3.26. The van der Waals surface area contributed by atoms with E-state index >= 15 is 0 Å². The molecule has 3 aromatic heterocycles. The molecule has 114 valence electrons. The molecule has 1 N–H and O–H groups in total. The first-order valence-corrected chi connectivity index (χ1v) is 8.39. The quantitative estimate of drug-likeness (QED) is 0.609. The van der Waals surface area contributed by atoms with E-state index < -0.39 is 0 Å². The van der Waals surface area contributed by atoms with Crippen LogP contribution in [0, 0.1) is 6.92 Å². The molecule has 0 unspecified atom stereocenters. The van der Waals surface area contributed by atoms with Crippen LogP contribution in [-0.2, 0) is 0 Å². The first-order chi connectivity index (χ1) is 11.2. The molecule has 0 saturated heterocycles. The van der Waals surface area contributed by atoms with Crippen molar-refractivity contribution in [2.45, 2.75) is 6.92 Å². The number of fused-ring (bicyclic) bond motifs is 1. The monoisotopic (exact) mass is 342 g/mol. The number of hydrogen-bond acceptors (Lipinski definition) is 7. The smallest absolute Gasteiger partial charge is 0.257 e. The Balaban J connectivity index is 1.57. The van der Waals surface area contributed by atoms with Gasteiger partial charge in [0.2, 0.25) is 5.13 Å². The molecule has 8 heteroatoms. The van der Waals surface area contributed by atoms with Gasteiger partial charge >= 0.3 is 0 Å². The molecule has 4 rings (SSSR count). The van der Waals surface area contributed by atoms with Gasteiger partial charge in [-0.25, -0.2) is 4.98 Å². The predicted octanol–water partition coefficient (Wildman–Crippen LogP) is 3.97. The Kier molecular flexibility index (Phi) is 3.40. The molecule has 0 saturated carbocycles. The maximum atomic E-state index is 12.3. The Morgan fingerprint density at radius 1 is 1.30 bits per heavy atom. The van der Waals surface area contributed by atoms with E-state index in [0.29, 0.717) is 27.6 Å². The van der Waals surface area contributed by atoms with Crippen molar-refractivity contribution in [2.24, 2.45) is 0 Å². The normalized spacial score (nSPS) is 11.0. The molecule has 1 amide bonds. The lowest BCUT2D eigenvalue weighted by molar-refractivity contribution is 0.102. The van der Waals surface area contributed by atoms with Gasteiger partial charge in [0.05, 0.1) is 4.88 Å². The van der Waals surface area contributed by atoms with E-state index in [1.807, 2.05) is 18.4 Å². The van der Waals surface area contributed by atoms with Gasteiger partial charge in [-0.2, -0.15) is 9.36 Å². The van der Waals surface area contributed by atoms with Crippen LogP contribution >= 0.6 is 22.9 Å². The van der Waals surface area contributed by atoms with E-state index in [0.717, 1.165) is 22.0 Å². The standard InChI is InChI=1S/C15H10N4O2S2/c1-8-4-5-22-12(8)13-17-15(23-19-13)18-14(20)9-2-3-10-11(6-9)21-7-16-10/h2-7H,1H3,(H,17,18,19,20). The molecule has 3 heterocycles. The number of rotatable bonds is 3. The molecule has 1 aromatic carbocycles. The van der Waals surface area contributed by atoms with Gasteiger partial charge in [0.25, 0.3) is 5.91 Å². The number of carbonyl (C=O) groups is 1. The lowest BCUT2D eigenvalue weighted by Gasteiger charge is -2.00. The summed E-state index contributed by atoms with van der Waals surface area (Å²) < 4.78 is 9.52. The highest BCUT2D eigenvalue weighted by atomic mass is 32.1.